The van der Waals surface area contributed by atoms with Crippen LogP contribution in [-0.2, 0) is 0 Å². The quantitative estimate of drug-likeness (QED) is 0.598. The molecule has 1 aromatic rings. The summed E-state index contributed by atoms with van der Waals surface area (Å²) < 4.78 is 1.75. The van der Waals surface area contributed by atoms with Crippen LogP contribution < -0.4 is 4.57 Å². The predicted octanol–water partition coefficient (Wildman–Crippen LogP) is 2.60. The molecular weight excluding hydrogens is 181 g/mol. The topological polar surface area (TPSA) is 3.88 Å². The van der Waals surface area contributed by atoms with Crippen molar-refractivity contribution in [3.8, 4) is 0 Å². The number of aromatic nitrogens is 1. The van der Waals surface area contributed by atoms with E-state index in [0.717, 1.165) is 0 Å². The maximum Gasteiger partial charge on any atom is 0.294 e. The number of nitrogens with zero attached hydrogens (tertiary/aromatic N) is 1. The molecule has 0 aromatic carbocycles. The van der Waals surface area contributed by atoms with E-state index in [1.165, 1.54) is 0 Å². The van der Waals surface area contributed by atoms with E-state index in [-0.39, 0.29) is 0 Å². The average Bonchev–Trinajstić information content (AvgIpc) is 2.05. The lowest BCUT2D eigenvalue weighted by molar-refractivity contribution is -0.574. The second-order valence-electron chi connectivity index (χ2n) is 2.11. The van der Waals surface area contributed by atoms with Gasteiger partial charge in [-0.15, -0.1) is 0 Å². The largest absolute Gasteiger partial charge is 0.294 e. The molecule has 0 aliphatic heterocycles. The van der Waals surface area contributed by atoms with Crippen LogP contribution in [-0.4, -0.2) is 0 Å². The lowest BCUT2D eigenvalue weighted by atomic mass is 10.5. The lowest BCUT2D eigenvalue weighted by Gasteiger charge is -1.91. The Morgan fingerprint density at radius 2 is 1.64 bits per heavy atom. The fraction of sp³-hybridized carbons (Fsp3) is 0.125. The monoisotopic (exact) mass is 188 g/mol. The molecule has 0 N–H and O–H groups in total. The van der Waals surface area contributed by atoms with Gasteiger partial charge in [-0.3, -0.25) is 0 Å². The minimum absolute atomic E-state index is 0.535. The van der Waals surface area contributed by atoms with Crippen LogP contribution in [0.25, 0.3) is 5.16 Å². The standard InChI is InChI=1S/C8H8Cl2N/c1-7(9)8(10)11-5-3-2-4-6-11/h2-6H,1H3/q+1. The van der Waals surface area contributed by atoms with Crippen LogP contribution in [0.2, 0.25) is 0 Å². The van der Waals surface area contributed by atoms with Gasteiger partial charge in [-0.25, -0.2) is 0 Å². The summed E-state index contributed by atoms with van der Waals surface area (Å²) in [6.07, 6.45) is 3.68. The normalized spacial score (nSPS) is 12.6. The second-order valence-corrected chi connectivity index (χ2v) is 3.03. The van der Waals surface area contributed by atoms with Gasteiger partial charge in [-0.1, -0.05) is 17.7 Å². The van der Waals surface area contributed by atoms with Gasteiger partial charge in [0, 0.05) is 12.1 Å². The molecule has 0 unspecified atom stereocenters. The third kappa shape index (κ3) is 2.21. The first-order valence-corrected chi connectivity index (χ1v) is 3.96. The predicted molar refractivity (Wildman–Crippen MR) is 47.2 cm³/mol. The number of allylic oxidation sites excluding steroid dienone is 1. The average molecular weight is 189 g/mol. The summed E-state index contributed by atoms with van der Waals surface area (Å²) in [6.45, 7) is 1.75. The van der Waals surface area contributed by atoms with Crippen LogP contribution in [0.5, 0.6) is 0 Å². The van der Waals surface area contributed by atoms with Crippen molar-refractivity contribution in [3.63, 3.8) is 0 Å². The Morgan fingerprint density at radius 3 is 2.09 bits per heavy atom. The van der Waals surface area contributed by atoms with E-state index in [1.807, 2.05) is 30.6 Å². The molecule has 0 aliphatic carbocycles. The summed E-state index contributed by atoms with van der Waals surface area (Å²) in [4.78, 5) is 0. The molecule has 0 saturated heterocycles. The molecule has 0 aliphatic rings. The van der Waals surface area contributed by atoms with Crippen LogP contribution >= 0.6 is 23.2 Å². The Balaban J connectivity index is 3.04. The summed E-state index contributed by atoms with van der Waals surface area (Å²) in [6, 6.07) is 5.70. The first kappa shape index (κ1) is 8.57. The van der Waals surface area contributed by atoms with Crippen molar-refractivity contribution in [1.82, 2.24) is 0 Å². The second kappa shape index (κ2) is 3.74. The van der Waals surface area contributed by atoms with Gasteiger partial charge in [-0.05, 0) is 18.5 Å². The minimum Gasteiger partial charge on any atom is -0.156 e. The van der Waals surface area contributed by atoms with Crippen LogP contribution in [0.4, 0.5) is 0 Å². The highest BCUT2D eigenvalue weighted by Gasteiger charge is 2.06. The van der Waals surface area contributed by atoms with Crippen molar-refractivity contribution in [2.45, 2.75) is 6.92 Å². The summed E-state index contributed by atoms with van der Waals surface area (Å²) in [5.74, 6) is 0. The summed E-state index contributed by atoms with van der Waals surface area (Å²) >= 11 is 11.5. The van der Waals surface area contributed by atoms with Crippen molar-refractivity contribution in [2.75, 3.05) is 0 Å². The number of hydrogen-bond donors (Lipinski definition) is 0. The fourth-order valence-corrected chi connectivity index (χ4v) is 0.918. The molecule has 0 atom stereocenters. The minimum atomic E-state index is 0.535. The number of halogens is 2. The SMILES string of the molecule is CC(Cl)=C(Cl)[n+]1ccccc1. The molecule has 0 spiro atoms. The molecule has 1 nitrogen and oxygen atoms in total. The molecule has 0 fully saturated rings. The molecule has 0 radical (unpaired) electrons. The Labute approximate surface area is 75.9 Å². The van der Waals surface area contributed by atoms with E-state index in [2.05, 4.69) is 0 Å². The van der Waals surface area contributed by atoms with Gasteiger partial charge in [0.25, 0.3) is 5.16 Å². The van der Waals surface area contributed by atoms with Crippen molar-refractivity contribution >= 4 is 28.4 Å². The Kier molecular flexibility index (Phi) is 2.92. The van der Waals surface area contributed by atoms with Gasteiger partial charge in [0.15, 0.2) is 12.4 Å². The number of rotatable bonds is 1. The number of pyridine rings is 1. The van der Waals surface area contributed by atoms with E-state index in [1.54, 1.807) is 11.5 Å². The van der Waals surface area contributed by atoms with Crippen LogP contribution in [0.3, 0.4) is 0 Å². The smallest absolute Gasteiger partial charge is 0.156 e. The fourth-order valence-electron chi connectivity index (χ4n) is 0.707. The van der Waals surface area contributed by atoms with E-state index < -0.39 is 0 Å². The molecule has 1 heterocycles. The summed E-state index contributed by atoms with van der Waals surface area (Å²) in [7, 11) is 0. The van der Waals surface area contributed by atoms with Crippen molar-refractivity contribution in [3.05, 3.63) is 35.6 Å². The molecule has 58 valence electrons. The van der Waals surface area contributed by atoms with Crippen molar-refractivity contribution in [1.29, 1.82) is 0 Å². The zero-order valence-corrected chi connectivity index (χ0v) is 7.60. The van der Waals surface area contributed by atoms with Gasteiger partial charge >= 0.3 is 0 Å². The van der Waals surface area contributed by atoms with Crippen LogP contribution in [0, 0.1) is 0 Å². The van der Waals surface area contributed by atoms with Gasteiger partial charge in [0.2, 0.25) is 0 Å². The van der Waals surface area contributed by atoms with E-state index in [9.17, 15) is 0 Å². The van der Waals surface area contributed by atoms with Gasteiger partial charge in [0.1, 0.15) is 0 Å². The zero-order valence-electron chi connectivity index (χ0n) is 6.09. The Morgan fingerprint density at radius 1 is 1.09 bits per heavy atom. The highest BCUT2D eigenvalue weighted by Crippen LogP contribution is 2.11. The molecule has 3 heteroatoms. The van der Waals surface area contributed by atoms with Gasteiger partial charge in [-0.2, -0.15) is 4.57 Å². The van der Waals surface area contributed by atoms with E-state index in [0.29, 0.717) is 10.2 Å². The third-order valence-electron chi connectivity index (χ3n) is 1.23. The van der Waals surface area contributed by atoms with E-state index >= 15 is 0 Å². The molecular formula is C8H8Cl2N+. The van der Waals surface area contributed by atoms with Crippen molar-refractivity contribution < 1.29 is 4.57 Å². The summed E-state index contributed by atoms with van der Waals surface area (Å²) in [5, 5.41) is 1.12. The van der Waals surface area contributed by atoms with E-state index in [4.69, 9.17) is 23.2 Å². The highest BCUT2D eigenvalue weighted by molar-refractivity contribution is 6.49. The van der Waals surface area contributed by atoms with Crippen molar-refractivity contribution in [2.24, 2.45) is 0 Å². The molecule has 0 bridgehead atoms. The lowest BCUT2D eigenvalue weighted by Crippen LogP contribution is -2.28. The van der Waals surface area contributed by atoms with Gasteiger partial charge in [0.05, 0.1) is 5.03 Å². The molecule has 11 heavy (non-hydrogen) atoms. The highest BCUT2D eigenvalue weighted by atomic mass is 35.5. The zero-order chi connectivity index (χ0) is 8.27. The molecule has 1 aromatic heterocycles. The maximum absolute atomic E-state index is 5.85. The Bertz CT molecular complexity index is 263. The maximum atomic E-state index is 5.85. The first-order chi connectivity index (χ1) is 5.22. The Hall–Kier alpha value is -0.530. The summed E-state index contributed by atoms with van der Waals surface area (Å²) in [5.41, 5.74) is 0. The van der Waals surface area contributed by atoms with Gasteiger partial charge < -0.3 is 0 Å². The first-order valence-electron chi connectivity index (χ1n) is 3.20. The molecule has 0 amide bonds. The molecule has 0 saturated carbocycles. The van der Waals surface area contributed by atoms with Crippen LogP contribution in [0.15, 0.2) is 35.6 Å². The molecule has 1 rings (SSSR count). The third-order valence-corrected chi connectivity index (χ3v) is 1.98. The number of hydrogen-bond acceptors (Lipinski definition) is 0. The van der Waals surface area contributed by atoms with Crippen LogP contribution in [0.1, 0.15) is 6.92 Å².